The summed E-state index contributed by atoms with van der Waals surface area (Å²) in [5.41, 5.74) is 0.652. The lowest BCUT2D eigenvalue weighted by Gasteiger charge is -2.09. The number of halogens is 2. The maximum atomic E-state index is 6.01. The van der Waals surface area contributed by atoms with E-state index in [0.717, 1.165) is 6.42 Å². The van der Waals surface area contributed by atoms with Crippen molar-refractivity contribution in [3.8, 4) is 11.5 Å². The van der Waals surface area contributed by atoms with Crippen molar-refractivity contribution in [1.82, 2.24) is 9.97 Å². The number of ether oxygens (including phenoxy) is 2. The van der Waals surface area contributed by atoms with Crippen molar-refractivity contribution in [2.24, 2.45) is 0 Å². The molecule has 0 aliphatic carbocycles. The summed E-state index contributed by atoms with van der Waals surface area (Å²) < 4.78 is 11.1. The van der Waals surface area contributed by atoms with Gasteiger partial charge in [0, 0.05) is 17.9 Å². The van der Waals surface area contributed by atoms with Crippen molar-refractivity contribution >= 4 is 34.1 Å². The van der Waals surface area contributed by atoms with E-state index >= 15 is 0 Å². The van der Waals surface area contributed by atoms with Gasteiger partial charge in [0.25, 0.3) is 0 Å². The first-order chi connectivity index (χ1) is 8.24. The van der Waals surface area contributed by atoms with Crippen LogP contribution in [0.25, 0.3) is 10.9 Å². The van der Waals surface area contributed by atoms with E-state index in [9.17, 15) is 0 Å². The van der Waals surface area contributed by atoms with Crippen LogP contribution in [0.5, 0.6) is 11.5 Å². The predicted octanol–water partition coefficient (Wildman–Crippen LogP) is 3.10. The first-order valence-corrected chi connectivity index (χ1v) is 5.92. The van der Waals surface area contributed by atoms with E-state index in [1.165, 1.54) is 0 Å². The van der Waals surface area contributed by atoms with Gasteiger partial charge >= 0.3 is 0 Å². The summed E-state index contributed by atoms with van der Waals surface area (Å²) in [4.78, 5) is 8.01. The Morgan fingerprint density at radius 3 is 2.47 bits per heavy atom. The fourth-order valence-electron chi connectivity index (χ4n) is 1.72. The van der Waals surface area contributed by atoms with Gasteiger partial charge in [-0.1, -0.05) is 11.6 Å². The van der Waals surface area contributed by atoms with Gasteiger partial charge in [-0.05, 0) is 17.7 Å². The molecular weight excluding hydrogens is 263 g/mol. The van der Waals surface area contributed by atoms with Crippen LogP contribution in [0.3, 0.4) is 0 Å². The Hall–Kier alpha value is -1.26. The van der Waals surface area contributed by atoms with Gasteiger partial charge in [0.2, 0.25) is 5.28 Å². The van der Waals surface area contributed by atoms with Gasteiger partial charge in [0.05, 0.1) is 18.7 Å². The highest BCUT2D eigenvalue weighted by Gasteiger charge is 2.14. The molecule has 88 valence electrons. The zero-order chi connectivity index (χ0) is 11.8. The van der Waals surface area contributed by atoms with Crippen LogP contribution in [0.1, 0.15) is 6.42 Å². The molecule has 0 N–H and O–H groups in total. The van der Waals surface area contributed by atoms with Crippen molar-refractivity contribution in [1.29, 1.82) is 0 Å². The highest BCUT2D eigenvalue weighted by atomic mass is 35.5. The maximum absolute atomic E-state index is 6.01. The molecular formula is C11H8Cl2N2O2. The minimum atomic E-state index is 0.122. The fourth-order valence-corrected chi connectivity index (χ4v) is 2.17. The van der Waals surface area contributed by atoms with E-state index in [0.29, 0.717) is 40.8 Å². The Kier molecular flexibility index (Phi) is 2.68. The van der Waals surface area contributed by atoms with Gasteiger partial charge in [-0.15, -0.1) is 0 Å². The molecule has 3 rings (SSSR count). The molecule has 0 unspecified atom stereocenters. The number of benzene rings is 1. The zero-order valence-corrected chi connectivity index (χ0v) is 10.3. The molecule has 1 aliphatic rings. The Bertz CT molecular complexity index is 589. The van der Waals surface area contributed by atoms with Crippen LogP contribution in [0.2, 0.25) is 10.4 Å². The van der Waals surface area contributed by atoms with Crippen LogP contribution < -0.4 is 9.47 Å². The number of aromatic nitrogens is 2. The summed E-state index contributed by atoms with van der Waals surface area (Å²) in [5.74, 6) is 1.34. The number of hydrogen-bond acceptors (Lipinski definition) is 4. The minimum absolute atomic E-state index is 0.122. The molecule has 2 aromatic rings. The van der Waals surface area contributed by atoms with Gasteiger partial charge < -0.3 is 9.47 Å². The van der Waals surface area contributed by atoms with Gasteiger partial charge in [0.1, 0.15) is 5.15 Å². The van der Waals surface area contributed by atoms with E-state index in [1.54, 1.807) is 12.1 Å². The number of hydrogen-bond donors (Lipinski definition) is 0. The minimum Gasteiger partial charge on any atom is -0.490 e. The lowest BCUT2D eigenvalue weighted by atomic mass is 10.2. The quantitative estimate of drug-likeness (QED) is 0.545. The van der Waals surface area contributed by atoms with E-state index in [1.807, 2.05) is 0 Å². The smallest absolute Gasteiger partial charge is 0.224 e. The topological polar surface area (TPSA) is 44.2 Å². The molecule has 4 nitrogen and oxygen atoms in total. The molecule has 0 spiro atoms. The molecule has 17 heavy (non-hydrogen) atoms. The second kappa shape index (κ2) is 4.20. The highest BCUT2D eigenvalue weighted by molar-refractivity contribution is 6.35. The Balaban J connectivity index is 2.25. The molecule has 0 bridgehead atoms. The van der Waals surface area contributed by atoms with Crippen LogP contribution in [-0.4, -0.2) is 23.2 Å². The summed E-state index contributed by atoms with van der Waals surface area (Å²) in [7, 11) is 0. The summed E-state index contributed by atoms with van der Waals surface area (Å²) in [6.45, 7) is 1.26. The normalized spacial score (nSPS) is 14.7. The molecule has 1 aromatic heterocycles. The lowest BCUT2D eigenvalue weighted by Crippen LogP contribution is -1.97. The summed E-state index contributed by atoms with van der Waals surface area (Å²) in [5, 5.41) is 1.15. The van der Waals surface area contributed by atoms with Crippen LogP contribution in [0, 0.1) is 0 Å². The molecule has 0 saturated heterocycles. The molecule has 1 aromatic carbocycles. The number of fused-ring (bicyclic) bond motifs is 2. The molecule has 1 aliphatic heterocycles. The third-order valence-corrected chi connectivity index (χ3v) is 2.95. The Morgan fingerprint density at radius 2 is 1.71 bits per heavy atom. The average molecular weight is 271 g/mol. The first-order valence-electron chi connectivity index (χ1n) is 5.16. The summed E-state index contributed by atoms with van der Waals surface area (Å²) in [6, 6.07) is 3.56. The van der Waals surface area contributed by atoms with Crippen LogP contribution in [0.15, 0.2) is 12.1 Å². The highest BCUT2D eigenvalue weighted by Crippen LogP contribution is 2.35. The van der Waals surface area contributed by atoms with Gasteiger partial charge in [-0.2, -0.15) is 0 Å². The third-order valence-electron chi connectivity index (χ3n) is 2.49. The van der Waals surface area contributed by atoms with E-state index in [4.69, 9.17) is 32.7 Å². The standard InChI is InChI=1S/C11H8Cl2N2O2/c12-10-6-4-8-9(17-3-1-2-16-8)5-7(6)14-11(13)15-10/h4-5H,1-3H2. The molecule has 0 fully saturated rings. The van der Waals surface area contributed by atoms with E-state index in [2.05, 4.69) is 9.97 Å². The van der Waals surface area contributed by atoms with Gasteiger partial charge in [-0.3, -0.25) is 0 Å². The second-order valence-corrected chi connectivity index (χ2v) is 4.35. The van der Waals surface area contributed by atoms with Crippen LogP contribution in [-0.2, 0) is 0 Å². The molecule has 0 saturated carbocycles. The molecule has 0 amide bonds. The van der Waals surface area contributed by atoms with Crippen molar-refractivity contribution in [3.05, 3.63) is 22.6 Å². The largest absolute Gasteiger partial charge is 0.490 e. The molecule has 0 atom stereocenters. The SMILES string of the molecule is Clc1nc(Cl)c2cc3c(cc2n1)OCCCO3. The molecule has 2 heterocycles. The van der Waals surface area contributed by atoms with Crippen LogP contribution >= 0.6 is 23.2 Å². The summed E-state index contributed by atoms with van der Waals surface area (Å²) in [6.07, 6.45) is 0.852. The van der Waals surface area contributed by atoms with Crippen molar-refractivity contribution in [2.75, 3.05) is 13.2 Å². The predicted molar refractivity (Wildman–Crippen MR) is 65.2 cm³/mol. The van der Waals surface area contributed by atoms with Crippen molar-refractivity contribution in [3.63, 3.8) is 0 Å². The monoisotopic (exact) mass is 270 g/mol. The zero-order valence-electron chi connectivity index (χ0n) is 8.74. The number of rotatable bonds is 0. The third kappa shape index (κ3) is 1.98. The number of nitrogens with zero attached hydrogens (tertiary/aromatic N) is 2. The fraction of sp³-hybridized carbons (Fsp3) is 0.273. The first kappa shape index (κ1) is 10.9. The lowest BCUT2D eigenvalue weighted by molar-refractivity contribution is 0.297. The summed E-state index contributed by atoms with van der Waals surface area (Å²) >= 11 is 11.8. The van der Waals surface area contributed by atoms with Crippen LogP contribution in [0.4, 0.5) is 0 Å². The van der Waals surface area contributed by atoms with Crippen molar-refractivity contribution in [2.45, 2.75) is 6.42 Å². The average Bonchev–Trinajstić information content (AvgIpc) is 2.51. The Labute approximate surface area is 107 Å². The van der Waals surface area contributed by atoms with E-state index in [-0.39, 0.29) is 5.28 Å². The van der Waals surface area contributed by atoms with Gasteiger partial charge in [-0.25, -0.2) is 9.97 Å². The van der Waals surface area contributed by atoms with Crippen molar-refractivity contribution < 1.29 is 9.47 Å². The van der Waals surface area contributed by atoms with E-state index < -0.39 is 0 Å². The maximum Gasteiger partial charge on any atom is 0.224 e. The van der Waals surface area contributed by atoms with Gasteiger partial charge in [0.15, 0.2) is 11.5 Å². The Morgan fingerprint density at radius 1 is 1.00 bits per heavy atom. The molecule has 6 heteroatoms. The molecule has 0 radical (unpaired) electrons. The second-order valence-electron chi connectivity index (χ2n) is 3.65.